The molecule has 1 atom stereocenters. The standard InChI is InChI=1S/C14H20FN3OS/c1-9(14(19)17-2)7-18(3)8-11-6-10(13(16)20)4-5-12(11)15/h4-6,9H,7-8H2,1-3H3,(H2,16,20)(H,17,19). The van der Waals surface area contributed by atoms with Crippen molar-refractivity contribution in [1.82, 2.24) is 10.2 Å². The van der Waals surface area contributed by atoms with Crippen LogP contribution in [0.1, 0.15) is 18.1 Å². The summed E-state index contributed by atoms with van der Waals surface area (Å²) in [5, 5.41) is 2.60. The van der Waals surface area contributed by atoms with Gasteiger partial charge >= 0.3 is 0 Å². The SMILES string of the molecule is CNC(=O)C(C)CN(C)Cc1cc(C(N)=S)ccc1F. The summed E-state index contributed by atoms with van der Waals surface area (Å²) < 4.78 is 13.8. The second kappa shape index (κ2) is 7.31. The molecular formula is C14H20FN3OS. The second-order valence-electron chi connectivity index (χ2n) is 4.88. The van der Waals surface area contributed by atoms with Crippen molar-refractivity contribution in [3.05, 3.63) is 35.1 Å². The first-order valence-corrected chi connectivity index (χ1v) is 6.74. The summed E-state index contributed by atoms with van der Waals surface area (Å²) in [6.45, 7) is 2.76. The highest BCUT2D eigenvalue weighted by molar-refractivity contribution is 7.80. The molecule has 0 spiro atoms. The predicted molar refractivity (Wildman–Crippen MR) is 81.9 cm³/mol. The molecule has 0 radical (unpaired) electrons. The lowest BCUT2D eigenvalue weighted by Gasteiger charge is -2.21. The Hall–Kier alpha value is -1.53. The van der Waals surface area contributed by atoms with E-state index < -0.39 is 0 Å². The summed E-state index contributed by atoms with van der Waals surface area (Å²) in [6, 6.07) is 4.58. The van der Waals surface area contributed by atoms with Gasteiger partial charge in [-0.05, 0) is 25.2 Å². The molecule has 0 aromatic heterocycles. The first-order chi connectivity index (χ1) is 9.35. The van der Waals surface area contributed by atoms with E-state index in [9.17, 15) is 9.18 Å². The van der Waals surface area contributed by atoms with Gasteiger partial charge in [0.1, 0.15) is 10.8 Å². The van der Waals surface area contributed by atoms with Crippen LogP contribution in [0.25, 0.3) is 0 Å². The lowest BCUT2D eigenvalue weighted by atomic mass is 10.1. The van der Waals surface area contributed by atoms with E-state index in [2.05, 4.69) is 5.32 Å². The Morgan fingerprint density at radius 3 is 2.75 bits per heavy atom. The van der Waals surface area contributed by atoms with Crippen molar-refractivity contribution in [2.45, 2.75) is 13.5 Å². The molecule has 0 aliphatic rings. The lowest BCUT2D eigenvalue weighted by molar-refractivity contribution is -0.124. The smallest absolute Gasteiger partial charge is 0.223 e. The highest BCUT2D eigenvalue weighted by atomic mass is 32.1. The topological polar surface area (TPSA) is 58.4 Å². The number of hydrogen-bond acceptors (Lipinski definition) is 3. The highest BCUT2D eigenvalue weighted by Crippen LogP contribution is 2.13. The van der Waals surface area contributed by atoms with Crippen molar-refractivity contribution in [2.75, 3.05) is 20.6 Å². The van der Waals surface area contributed by atoms with Crippen LogP contribution in [-0.4, -0.2) is 36.4 Å². The summed E-state index contributed by atoms with van der Waals surface area (Å²) >= 11 is 4.89. The maximum atomic E-state index is 13.8. The van der Waals surface area contributed by atoms with Gasteiger partial charge in [-0.25, -0.2) is 4.39 Å². The quantitative estimate of drug-likeness (QED) is 0.777. The number of hydrogen-bond donors (Lipinski definition) is 2. The Labute approximate surface area is 124 Å². The maximum absolute atomic E-state index is 13.8. The van der Waals surface area contributed by atoms with E-state index in [-0.39, 0.29) is 22.6 Å². The number of nitrogens with two attached hydrogens (primary N) is 1. The number of nitrogens with zero attached hydrogens (tertiary/aromatic N) is 1. The molecule has 1 aromatic rings. The number of rotatable bonds is 6. The zero-order valence-corrected chi connectivity index (χ0v) is 12.8. The van der Waals surface area contributed by atoms with Crippen LogP contribution >= 0.6 is 12.2 Å². The fourth-order valence-corrected chi connectivity index (χ4v) is 2.13. The molecule has 3 N–H and O–H groups in total. The molecule has 6 heteroatoms. The third-order valence-electron chi connectivity index (χ3n) is 3.05. The third-order valence-corrected chi connectivity index (χ3v) is 3.29. The van der Waals surface area contributed by atoms with Crippen molar-refractivity contribution in [3.63, 3.8) is 0 Å². The largest absolute Gasteiger partial charge is 0.389 e. The van der Waals surface area contributed by atoms with Crippen molar-refractivity contribution in [3.8, 4) is 0 Å². The number of thiocarbonyl (C=S) groups is 1. The van der Waals surface area contributed by atoms with E-state index in [0.29, 0.717) is 24.2 Å². The van der Waals surface area contributed by atoms with Crippen LogP contribution in [0.4, 0.5) is 4.39 Å². The van der Waals surface area contributed by atoms with Crippen molar-refractivity contribution < 1.29 is 9.18 Å². The Bertz CT molecular complexity index is 507. The summed E-state index contributed by atoms with van der Waals surface area (Å²) in [5.74, 6) is -0.495. The number of halogens is 1. The van der Waals surface area contributed by atoms with Gasteiger partial charge in [0, 0.05) is 37.2 Å². The average molecular weight is 297 g/mol. The molecular weight excluding hydrogens is 277 g/mol. The molecule has 4 nitrogen and oxygen atoms in total. The average Bonchev–Trinajstić information content (AvgIpc) is 2.39. The predicted octanol–water partition coefficient (Wildman–Crippen LogP) is 1.27. The van der Waals surface area contributed by atoms with Crippen molar-refractivity contribution in [1.29, 1.82) is 0 Å². The van der Waals surface area contributed by atoms with E-state index >= 15 is 0 Å². The van der Waals surface area contributed by atoms with Crippen LogP contribution in [0.3, 0.4) is 0 Å². The minimum Gasteiger partial charge on any atom is -0.389 e. The van der Waals surface area contributed by atoms with E-state index in [1.807, 2.05) is 18.9 Å². The van der Waals surface area contributed by atoms with Gasteiger partial charge in [0.05, 0.1) is 0 Å². The van der Waals surface area contributed by atoms with Gasteiger partial charge in [-0.15, -0.1) is 0 Å². The molecule has 0 aliphatic heterocycles. The first kappa shape index (κ1) is 16.5. The molecule has 0 saturated carbocycles. The van der Waals surface area contributed by atoms with E-state index in [4.69, 9.17) is 18.0 Å². The molecule has 1 unspecified atom stereocenters. The van der Waals surface area contributed by atoms with Gasteiger partial charge in [-0.1, -0.05) is 19.1 Å². The van der Waals surface area contributed by atoms with Crippen LogP contribution in [0.2, 0.25) is 0 Å². The molecule has 0 fully saturated rings. The molecule has 1 amide bonds. The summed E-state index contributed by atoms with van der Waals surface area (Å²) in [4.78, 5) is 13.6. The molecule has 20 heavy (non-hydrogen) atoms. The second-order valence-corrected chi connectivity index (χ2v) is 5.32. The summed E-state index contributed by atoms with van der Waals surface area (Å²) in [5.41, 5.74) is 6.70. The minimum atomic E-state index is -0.301. The number of carbonyl (C=O) groups is 1. The van der Waals surface area contributed by atoms with Crippen LogP contribution in [0, 0.1) is 11.7 Å². The zero-order valence-electron chi connectivity index (χ0n) is 11.9. The van der Waals surface area contributed by atoms with Gasteiger partial charge in [0.2, 0.25) is 5.91 Å². The monoisotopic (exact) mass is 297 g/mol. The fourth-order valence-electron chi connectivity index (χ4n) is 2.00. The zero-order chi connectivity index (χ0) is 15.3. The van der Waals surface area contributed by atoms with Crippen LogP contribution < -0.4 is 11.1 Å². The maximum Gasteiger partial charge on any atom is 0.223 e. The van der Waals surface area contributed by atoms with Crippen LogP contribution in [0.15, 0.2) is 18.2 Å². The molecule has 1 aromatic carbocycles. The molecule has 0 heterocycles. The molecule has 0 bridgehead atoms. The number of nitrogens with one attached hydrogen (secondary N) is 1. The Morgan fingerprint density at radius 2 is 2.20 bits per heavy atom. The third kappa shape index (κ3) is 4.54. The minimum absolute atomic E-state index is 0.0331. The van der Waals surface area contributed by atoms with Crippen LogP contribution in [0.5, 0.6) is 0 Å². The highest BCUT2D eigenvalue weighted by Gasteiger charge is 2.15. The van der Waals surface area contributed by atoms with E-state index in [0.717, 1.165) is 0 Å². The number of carbonyl (C=O) groups excluding carboxylic acids is 1. The van der Waals surface area contributed by atoms with Gasteiger partial charge in [0.25, 0.3) is 0 Å². The molecule has 0 saturated heterocycles. The lowest BCUT2D eigenvalue weighted by Crippen LogP contribution is -2.34. The van der Waals surface area contributed by atoms with Crippen molar-refractivity contribution >= 4 is 23.1 Å². The number of benzene rings is 1. The molecule has 1 rings (SSSR count). The van der Waals surface area contributed by atoms with Crippen molar-refractivity contribution in [2.24, 2.45) is 11.7 Å². The number of amides is 1. The van der Waals surface area contributed by atoms with Gasteiger partial charge in [0.15, 0.2) is 0 Å². The summed E-state index contributed by atoms with van der Waals surface area (Å²) in [6.07, 6.45) is 0. The molecule has 0 aliphatic carbocycles. The van der Waals surface area contributed by atoms with E-state index in [1.54, 1.807) is 19.2 Å². The van der Waals surface area contributed by atoms with Gasteiger partial charge < -0.3 is 16.0 Å². The van der Waals surface area contributed by atoms with Gasteiger partial charge in [-0.3, -0.25) is 4.79 Å². The van der Waals surface area contributed by atoms with Gasteiger partial charge in [-0.2, -0.15) is 0 Å². The van der Waals surface area contributed by atoms with Crippen LogP contribution in [-0.2, 0) is 11.3 Å². The first-order valence-electron chi connectivity index (χ1n) is 6.33. The Kier molecular flexibility index (Phi) is 6.04. The fraction of sp³-hybridized carbons (Fsp3) is 0.429. The Balaban J connectivity index is 2.75. The normalized spacial score (nSPS) is 12.2. The van der Waals surface area contributed by atoms with E-state index in [1.165, 1.54) is 6.07 Å². The summed E-state index contributed by atoms with van der Waals surface area (Å²) in [7, 11) is 3.44. The molecule has 110 valence electrons. The Morgan fingerprint density at radius 1 is 1.55 bits per heavy atom.